The van der Waals surface area contributed by atoms with E-state index in [2.05, 4.69) is 44.3 Å². The zero-order chi connectivity index (χ0) is 28.6. The molecule has 4 fully saturated rings. The highest BCUT2D eigenvalue weighted by Gasteiger charge is 2.51. The van der Waals surface area contributed by atoms with E-state index in [1.54, 1.807) is 18.5 Å². The lowest BCUT2D eigenvalue weighted by Crippen LogP contribution is -2.62. The fraction of sp³-hybridized carbons (Fsp3) is 0.375. The zero-order valence-electron chi connectivity index (χ0n) is 22.9. The molecule has 0 atom stereocenters. The third-order valence-corrected chi connectivity index (χ3v) is 9.54. The second kappa shape index (κ2) is 9.71. The van der Waals surface area contributed by atoms with Crippen LogP contribution in [0, 0.1) is 11.3 Å². The molecule has 2 N–H and O–H groups in total. The van der Waals surface area contributed by atoms with Crippen LogP contribution in [0.15, 0.2) is 47.3 Å². The van der Waals surface area contributed by atoms with Crippen molar-refractivity contribution in [1.82, 2.24) is 15.1 Å². The third-order valence-electron chi connectivity index (χ3n) is 8.96. The molecule has 4 aromatic rings. The van der Waals surface area contributed by atoms with Crippen LogP contribution in [-0.4, -0.2) is 40.2 Å². The summed E-state index contributed by atoms with van der Waals surface area (Å²) in [6.45, 7) is 2.03. The summed E-state index contributed by atoms with van der Waals surface area (Å²) in [6, 6.07) is 7.85. The summed E-state index contributed by atoms with van der Waals surface area (Å²) in [4.78, 5) is 22.8. The number of primary amides is 1. The van der Waals surface area contributed by atoms with Crippen molar-refractivity contribution in [3.63, 3.8) is 0 Å². The predicted octanol–water partition coefficient (Wildman–Crippen LogP) is 7.04. The van der Waals surface area contributed by atoms with Gasteiger partial charge >= 0.3 is 0 Å². The maximum Gasteiger partial charge on any atom is 0.267 e. The Morgan fingerprint density at radius 3 is 2.55 bits per heavy atom. The molecular formula is C32H29Cl2N5O3. The molecule has 0 radical (unpaired) electrons. The lowest BCUT2D eigenvalue weighted by Gasteiger charge is -2.59. The second-order valence-electron chi connectivity index (χ2n) is 12.3. The Morgan fingerprint density at radius 2 is 1.86 bits per heavy atom. The number of nitrogens with two attached hydrogens (primary N) is 1. The van der Waals surface area contributed by atoms with E-state index in [0.29, 0.717) is 44.3 Å². The number of rotatable bonds is 8. The minimum absolute atomic E-state index is 0.208. The van der Waals surface area contributed by atoms with Crippen molar-refractivity contribution in [2.45, 2.75) is 50.5 Å². The standard InChI is InChI=1S/C32H29Cl2N5O3/c33-23-13-36-14-24(34)28(23)29-21(30(42-38-29)18-2-3-18)7-1-17-11-32(12-17)15-39(16-32)19-4-8-25-22(9-19)27(41-20-5-6-20)10-26(37-25)31(35)40/h1,4,7-10,13-14,17-18,20H,2-3,5-6,11-12,15-16H2,(H2,35,40). The summed E-state index contributed by atoms with van der Waals surface area (Å²) in [5.41, 5.74) is 10.3. The fourth-order valence-corrected chi connectivity index (χ4v) is 7.07. The molecule has 3 saturated carbocycles. The number of anilines is 1. The predicted molar refractivity (Wildman–Crippen MR) is 162 cm³/mol. The Kier molecular flexibility index (Phi) is 6.02. The van der Waals surface area contributed by atoms with Crippen molar-refractivity contribution in [2.75, 3.05) is 18.0 Å². The van der Waals surface area contributed by atoms with E-state index in [-0.39, 0.29) is 11.8 Å². The van der Waals surface area contributed by atoms with Gasteiger partial charge in [0.25, 0.3) is 5.91 Å². The van der Waals surface area contributed by atoms with Gasteiger partial charge in [0.05, 0.1) is 21.7 Å². The van der Waals surface area contributed by atoms with Crippen LogP contribution in [0.25, 0.3) is 28.2 Å². The monoisotopic (exact) mass is 601 g/mol. The van der Waals surface area contributed by atoms with Crippen molar-refractivity contribution in [3.05, 3.63) is 69.8 Å². The molecule has 1 aliphatic heterocycles. The Balaban J connectivity index is 0.973. The topological polar surface area (TPSA) is 107 Å². The average Bonchev–Trinajstić information content (AvgIpc) is 3.86. The fourth-order valence-electron chi connectivity index (χ4n) is 6.52. The van der Waals surface area contributed by atoms with Crippen molar-refractivity contribution < 1.29 is 14.1 Å². The molecule has 214 valence electrons. The number of hydrogen-bond donors (Lipinski definition) is 1. The van der Waals surface area contributed by atoms with Gasteiger partial charge in [-0.3, -0.25) is 9.78 Å². The first-order valence-electron chi connectivity index (χ1n) is 14.5. The minimum atomic E-state index is -0.547. The van der Waals surface area contributed by atoms with Gasteiger partial charge in [0, 0.05) is 65.1 Å². The molecule has 4 aliphatic rings. The van der Waals surface area contributed by atoms with Crippen LogP contribution < -0.4 is 15.4 Å². The highest BCUT2D eigenvalue weighted by Crippen LogP contribution is 2.54. The summed E-state index contributed by atoms with van der Waals surface area (Å²) in [5, 5.41) is 6.24. The maximum atomic E-state index is 11.8. The number of hydrogen-bond acceptors (Lipinski definition) is 7. The van der Waals surface area contributed by atoms with Gasteiger partial charge < -0.3 is 19.9 Å². The summed E-state index contributed by atoms with van der Waals surface area (Å²) < 4.78 is 11.9. The Morgan fingerprint density at radius 1 is 1.10 bits per heavy atom. The Bertz CT molecular complexity index is 1740. The number of amides is 1. The lowest BCUT2D eigenvalue weighted by atomic mass is 9.57. The molecule has 3 aliphatic carbocycles. The van der Waals surface area contributed by atoms with Crippen LogP contribution in [0.1, 0.15) is 66.3 Å². The number of aromatic nitrogens is 3. The number of carbonyl (C=O) groups is 1. The molecular weight excluding hydrogens is 573 g/mol. The van der Waals surface area contributed by atoms with Crippen molar-refractivity contribution in [1.29, 1.82) is 0 Å². The second-order valence-corrected chi connectivity index (χ2v) is 13.1. The zero-order valence-corrected chi connectivity index (χ0v) is 24.4. The smallest absolute Gasteiger partial charge is 0.267 e. The van der Waals surface area contributed by atoms with Gasteiger partial charge in [0.1, 0.15) is 22.9 Å². The number of nitrogens with zero attached hydrogens (tertiary/aromatic N) is 4. The molecule has 8 rings (SSSR count). The van der Waals surface area contributed by atoms with Gasteiger partial charge in [-0.15, -0.1) is 0 Å². The van der Waals surface area contributed by atoms with Crippen LogP contribution in [0.2, 0.25) is 10.0 Å². The largest absolute Gasteiger partial charge is 0.490 e. The first-order valence-corrected chi connectivity index (χ1v) is 15.2. The van der Waals surface area contributed by atoms with E-state index in [0.717, 1.165) is 79.5 Å². The highest BCUT2D eigenvalue weighted by molar-refractivity contribution is 6.39. The highest BCUT2D eigenvalue weighted by atomic mass is 35.5. The van der Waals surface area contributed by atoms with Crippen molar-refractivity contribution in [2.24, 2.45) is 17.1 Å². The summed E-state index contributed by atoms with van der Waals surface area (Å²) in [5.74, 6) is 1.97. The van der Waals surface area contributed by atoms with Gasteiger partial charge in [0.2, 0.25) is 0 Å². The number of ether oxygens (including phenoxy) is 1. The van der Waals surface area contributed by atoms with Gasteiger partial charge in [0.15, 0.2) is 0 Å². The molecule has 1 spiro atoms. The summed E-state index contributed by atoms with van der Waals surface area (Å²) >= 11 is 12.9. The van der Waals surface area contributed by atoms with Crippen molar-refractivity contribution >= 4 is 51.8 Å². The number of pyridine rings is 2. The molecule has 1 aromatic carbocycles. The number of allylic oxidation sites excluding steroid dienone is 1. The number of benzene rings is 1. The van der Waals surface area contributed by atoms with Crippen LogP contribution in [0.3, 0.4) is 0 Å². The van der Waals surface area contributed by atoms with Crippen LogP contribution in [0.5, 0.6) is 5.75 Å². The Hall–Kier alpha value is -3.62. The Labute approximate surface area is 252 Å². The van der Waals surface area contributed by atoms with Gasteiger partial charge in [-0.25, -0.2) is 4.98 Å². The van der Waals surface area contributed by atoms with Crippen molar-refractivity contribution in [3.8, 4) is 17.0 Å². The molecule has 1 saturated heterocycles. The van der Waals surface area contributed by atoms with Crippen LogP contribution in [0.4, 0.5) is 5.69 Å². The van der Waals surface area contributed by atoms with Crippen LogP contribution >= 0.6 is 23.2 Å². The number of fused-ring (bicyclic) bond motifs is 1. The molecule has 0 unspecified atom stereocenters. The quantitative estimate of drug-likeness (QED) is 0.231. The first-order chi connectivity index (χ1) is 20.4. The van der Waals surface area contributed by atoms with E-state index in [4.69, 9.17) is 38.2 Å². The summed E-state index contributed by atoms with van der Waals surface area (Å²) in [7, 11) is 0. The number of carbonyl (C=O) groups excluding carboxylic acids is 1. The molecule has 0 bridgehead atoms. The summed E-state index contributed by atoms with van der Waals surface area (Å²) in [6.07, 6.45) is 14.4. The molecule has 42 heavy (non-hydrogen) atoms. The lowest BCUT2D eigenvalue weighted by molar-refractivity contribution is 0.0486. The third kappa shape index (κ3) is 4.61. The van der Waals surface area contributed by atoms with E-state index < -0.39 is 5.91 Å². The first kappa shape index (κ1) is 26.0. The van der Waals surface area contributed by atoms with E-state index in [9.17, 15) is 4.79 Å². The minimum Gasteiger partial charge on any atom is -0.490 e. The molecule has 8 nitrogen and oxygen atoms in total. The molecule has 10 heteroatoms. The maximum absolute atomic E-state index is 11.8. The van der Waals surface area contributed by atoms with Gasteiger partial charge in [-0.1, -0.05) is 40.5 Å². The van der Waals surface area contributed by atoms with E-state index in [1.165, 1.54) is 0 Å². The van der Waals surface area contributed by atoms with E-state index >= 15 is 0 Å². The average molecular weight is 603 g/mol. The van der Waals surface area contributed by atoms with Crippen LogP contribution in [-0.2, 0) is 0 Å². The van der Waals surface area contributed by atoms with E-state index in [1.807, 2.05) is 6.07 Å². The SMILES string of the molecule is NC(=O)c1cc(OC2CC2)c2cc(N3CC4(CC(C=Cc5c(-c6c(Cl)cncc6Cl)noc5C5CC5)C4)C3)ccc2n1. The molecule has 3 aromatic heterocycles. The molecule has 4 heterocycles. The van der Waals surface area contributed by atoms with Gasteiger partial charge in [-0.2, -0.15) is 0 Å². The normalized spacial score (nSPS) is 19.8. The number of halogens is 2. The molecule has 1 amide bonds. The van der Waals surface area contributed by atoms with Gasteiger partial charge in [-0.05, 0) is 62.6 Å².